The molecule has 0 saturated carbocycles. The van der Waals surface area contributed by atoms with Crippen LogP contribution in [0.1, 0.15) is 33.4 Å². The van der Waals surface area contributed by atoms with E-state index in [1.165, 1.54) is 0 Å². The van der Waals surface area contributed by atoms with Crippen molar-refractivity contribution in [3.63, 3.8) is 0 Å². The second kappa shape index (κ2) is 7.41. The van der Waals surface area contributed by atoms with E-state index in [1.807, 2.05) is 40.7 Å². The molecule has 2 heterocycles. The average molecular weight is 413 g/mol. The van der Waals surface area contributed by atoms with Gasteiger partial charge in [0.2, 0.25) is 5.88 Å². The molecule has 2 aromatic rings. The van der Waals surface area contributed by atoms with Gasteiger partial charge < -0.3 is 14.9 Å². The van der Waals surface area contributed by atoms with Crippen LogP contribution < -0.4 is 9.84 Å². The van der Waals surface area contributed by atoms with E-state index < -0.39 is 0 Å². The first-order valence-electron chi connectivity index (χ1n) is 5.59. The predicted octanol–water partition coefficient (Wildman–Crippen LogP) is 2.71. The fraction of sp³-hybridized carbons (Fsp3) is 0.500. The zero-order chi connectivity index (χ0) is 12.1. The maximum Gasteiger partial charge on any atom is 0.213 e. The van der Waals surface area contributed by atoms with Gasteiger partial charge in [0.05, 0.1) is 6.10 Å². The molecule has 0 aliphatic rings. The van der Waals surface area contributed by atoms with Crippen LogP contribution in [0.2, 0.25) is 0 Å². The average Bonchev–Trinajstić information content (AvgIpc) is 2.63. The Morgan fingerprint density at radius 3 is 2.53 bits per heavy atom. The van der Waals surface area contributed by atoms with Gasteiger partial charge in [-0.2, -0.15) is 0 Å². The molecule has 0 aliphatic heterocycles. The second-order valence-electron chi connectivity index (χ2n) is 3.49. The van der Waals surface area contributed by atoms with E-state index in [4.69, 9.17) is 4.74 Å². The molecule has 97 valence electrons. The van der Waals surface area contributed by atoms with E-state index in [0.717, 1.165) is 16.6 Å². The van der Waals surface area contributed by atoms with Gasteiger partial charge in [0, 0.05) is 38.1 Å². The van der Waals surface area contributed by atoms with Gasteiger partial charge in [0.15, 0.2) is 0 Å². The van der Waals surface area contributed by atoms with E-state index >= 15 is 0 Å². The Labute approximate surface area is 116 Å². The third-order valence-electron chi connectivity index (χ3n) is 1.91. The largest absolute Gasteiger partial charge is 0.573 e. The summed E-state index contributed by atoms with van der Waals surface area (Å²) in [5.74, 6) is 0.630. The van der Waals surface area contributed by atoms with Gasteiger partial charge in [-0.15, -0.1) is 0 Å². The number of rotatable bonds is 2. The number of aromatic nitrogens is 3. The van der Waals surface area contributed by atoms with Crippen LogP contribution in [-0.4, -0.2) is 16.2 Å². The van der Waals surface area contributed by atoms with E-state index in [-0.39, 0.29) is 26.2 Å². The van der Waals surface area contributed by atoms with Crippen molar-refractivity contribution in [2.75, 3.05) is 0 Å². The molecule has 0 aliphatic carbocycles. The van der Waals surface area contributed by atoms with Crippen molar-refractivity contribution in [3.05, 3.63) is 18.0 Å². The van der Waals surface area contributed by atoms with Crippen molar-refractivity contribution in [2.24, 2.45) is 0 Å². The number of hydrogen-bond acceptors (Lipinski definition) is 3. The molecular formula is C12H18IrN3O-. The van der Waals surface area contributed by atoms with Gasteiger partial charge in [-0.1, -0.05) is 19.4 Å². The molecule has 0 N–H and O–H groups in total. The zero-order valence-electron chi connectivity index (χ0n) is 10.8. The van der Waals surface area contributed by atoms with Crippen LogP contribution in [-0.2, 0) is 20.1 Å². The van der Waals surface area contributed by atoms with Crippen molar-refractivity contribution in [3.8, 4) is 5.88 Å². The summed E-state index contributed by atoms with van der Waals surface area (Å²) < 4.78 is 5.48. The topological polar surface area (TPSA) is 49.1 Å². The van der Waals surface area contributed by atoms with Crippen LogP contribution in [0.25, 0.3) is 10.9 Å². The van der Waals surface area contributed by atoms with E-state index in [2.05, 4.69) is 15.2 Å². The van der Waals surface area contributed by atoms with Crippen molar-refractivity contribution >= 4 is 10.9 Å². The summed E-state index contributed by atoms with van der Waals surface area (Å²) in [6.45, 7) is 9.87. The summed E-state index contributed by atoms with van der Waals surface area (Å²) in [7, 11) is 0. The van der Waals surface area contributed by atoms with Gasteiger partial charge in [-0.05, 0) is 26.2 Å². The summed E-state index contributed by atoms with van der Waals surface area (Å²) in [6.07, 6.45) is 1.82. The first-order valence-corrected chi connectivity index (χ1v) is 5.59. The Balaban J connectivity index is 0.000000811. The van der Waals surface area contributed by atoms with Gasteiger partial charge in [-0.25, -0.2) is 4.98 Å². The van der Waals surface area contributed by atoms with Crippen LogP contribution in [0.4, 0.5) is 0 Å². The molecule has 0 spiro atoms. The maximum atomic E-state index is 5.48. The fourth-order valence-electron chi connectivity index (χ4n) is 1.29. The Morgan fingerprint density at radius 1 is 1.29 bits per heavy atom. The first kappa shape index (κ1) is 16.1. The molecule has 17 heavy (non-hydrogen) atoms. The predicted molar refractivity (Wildman–Crippen MR) is 64.7 cm³/mol. The Hall–Kier alpha value is -0.931. The molecule has 0 atom stereocenters. The Bertz CT molecular complexity index is 454. The second-order valence-corrected chi connectivity index (χ2v) is 3.49. The summed E-state index contributed by atoms with van der Waals surface area (Å²) in [5, 5.41) is 8.95. The van der Waals surface area contributed by atoms with Crippen molar-refractivity contribution in [2.45, 2.75) is 40.7 Å². The monoisotopic (exact) mass is 413 g/mol. The van der Waals surface area contributed by atoms with Gasteiger partial charge >= 0.3 is 0 Å². The van der Waals surface area contributed by atoms with Crippen LogP contribution in [0, 0.1) is 6.92 Å². The third-order valence-corrected chi connectivity index (χ3v) is 1.91. The number of fused-ring (bicyclic) bond motifs is 1. The molecule has 0 bridgehead atoms. The normalized spacial score (nSPS) is 9.53. The van der Waals surface area contributed by atoms with E-state index in [1.54, 1.807) is 6.20 Å². The molecule has 5 heteroatoms. The summed E-state index contributed by atoms with van der Waals surface area (Å²) in [5.41, 5.74) is 1.73. The number of aryl methyl sites for hydroxylation is 1. The standard InChI is InChI=1S/C10H12N3O.C2H6.Ir/c1-6(2)14-10-4-8-7(3)12-13-9(8)5-11-10;1-2;/h4-6H,1-3H3;1-2H3;/q-1;;. The minimum atomic E-state index is 0. The summed E-state index contributed by atoms with van der Waals surface area (Å²) in [4.78, 5) is 4.14. The molecule has 0 unspecified atom stereocenters. The van der Waals surface area contributed by atoms with E-state index in [0.29, 0.717) is 5.88 Å². The molecule has 4 nitrogen and oxygen atoms in total. The zero-order valence-corrected chi connectivity index (χ0v) is 13.2. The number of pyridine rings is 1. The van der Waals surface area contributed by atoms with Gasteiger partial charge in [0.1, 0.15) is 0 Å². The minimum absolute atomic E-state index is 0. The number of ether oxygens (including phenoxy) is 1. The van der Waals surface area contributed by atoms with Gasteiger partial charge in [0.25, 0.3) is 0 Å². The van der Waals surface area contributed by atoms with Crippen molar-refractivity contribution in [1.29, 1.82) is 0 Å². The molecule has 0 amide bonds. The minimum Gasteiger partial charge on any atom is -0.573 e. The molecule has 0 fully saturated rings. The molecule has 2 rings (SSSR count). The fourth-order valence-corrected chi connectivity index (χ4v) is 1.29. The summed E-state index contributed by atoms with van der Waals surface area (Å²) >= 11 is 0. The number of hydrogen-bond donors (Lipinski definition) is 0. The van der Waals surface area contributed by atoms with Crippen LogP contribution in [0.15, 0.2) is 12.3 Å². The molecule has 0 saturated heterocycles. The molecular weight excluding hydrogens is 394 g/mol. The van der Waals surface area contributed by atoms with Crippen molar-refractivity contribution in [1.82, 2.24) is 15.2 Å². The smallest absolute Gasteiger partial charge is 0.213 e. The maximum absolute atomic E-state index is 5.48. The quantitative estimate of drug-likeness (QED) is 0.761. The third kappa shape index (κ3) is 4.10. The first-order chi connectivity index (χ1) is 7.66. The van der Waals surface area contributed by atoms with Crippen LogP contribution in [0.5, 0.6) is 5.88 Å². The Kier molecular flexibility index (Phi) is 7.00. The number of nitrogens with zero attached hydrogens (tertiary/aromatic N) is 3. The summed E-state index contributed by atoms with van der Waals surface area (Å²) in [6, 6.07) is 1.88. The Morgan fingerprint density at radius 2 is 1.94 bits per heavy atom. The molecule has 1 radical (unpaired) electrons. The van der Waals surface area contributed by atoms with Crippen LogP contribution >= 0.6 is 0 Å². The SMILES string of the molecule is CC.Cc1n[n-]c2cnc(OC(C)C)cc12.[Ir]. The van der Waals surface area contributed by atoms with Crippen LogP contribution in [0.3, 0.4) is 0 Å². The van der Waals surface area contributed by atoms with E-state index in [9.17, 15) is 0 Å². The van der Waals surface area contributed by atoms with Gasteiger partial charge in [-0.3, -0.25) is 0 Å². The molecule has 2 aromatic heterocycles. The van der Waals surface area contributed by atoms with Crippen molar-refractivity contribution < 1.29 is 24.8 Å². The molecule has 0 aromatic carbocycles.